The van der Waals surface area contributed by atoms with Crippen LogP contribution in [-0.4, -0.2) is 12.7 Å². The van der Waals surface area contributed by atoms with Crippen LogP contribution in [0.1, 0.15) is 38.2 Å². The molecule has 1 heterocycles. The molecule has 1 radical (unpaired) electrons. The van der Waals surface area contributed by atoms with Crippen molar-refractivity contribution < 1.29 is 42.2 Å². The second-order valence-electron chi connectivity index (χ2n) is 5.73. The summed E-state index contributed by atoms with van der Waals surface area (Å²) in [7, 11) is 0. The molecule has 1 aliphatic carbocycles. The number of hydrogen-bond acceptors (Lipinski definition) is 2. The number of benzene rings is 1. The molecule has 0 amide bonds. The summed E-state index contributed by atoms with van der Waals surface area (Å²) in [4.78, 5) is 0. The summed E-state index contributed by atoms with van der Waals surface area (Å²) in [6, 6.07) is 7.23. The van der Waals surface area contributed by atoms with Crippen LogP contribution in [0.25, 0.3) is 0 Å². The quantitative estimate of drug-likeness (QED) is 0.784. The Labute approximate surface area is 141 Å². The monoisotopic (exact) mass is 334 g/mol. The molecule has 0 N–H and O–H groups in total. The van der Waals surface area contributed by atoms with Crippen molar-refractivity contribution in [3.05, 3.63) is 23.8 Å². The molecule has 2 aliphatic rings. The van der Waals surface area contributed by atoms with Crippen molar-refractivity contribution in [3.8, 4) is 11.5 Å². The second kappa shape index (κ2) is 6.58. The Bertz CT molecular complexity index is 427. The predicted octanol–water partition coefficient (Wildman–Crippen LogP) is 3.76. The average molecular weight is 334 g/mol. The number of rotatable bonds is 3. The Morgan fingerprint density at radius 3 is 2.79 bits per heavy atom. The molecule has 1 aliphatic heterocycles. The molecule has 1 unspecified atom stereocenters. The molecule has 1 aromatic carbocycles. The van der Waals surface area contributed by atoms with Gasteiger partial charge in [-0.3, -0.25) is 0 Å². The first-order valence-electron chi connectivity index (χ1n) is 7.07. The molecule has 1 saturated carbocycles. The van der Waals surface area contributed by atoms with Crippen LogP contribution in [0.2, 0.25) is 0 Å². The minimum atomic E-state index is 0. The SMILES string of the molecule is CCC1CC(CC2COc3ccc(C)[c-]c3O2)C1.[Y]. The van der Waals surface area contributed by atoms with Crippen LogP contribution in [0.15, 0.2) is 12.1 Å². The minimum absolute atomic E-state index is 0. The van der Waals surface area contributed by atoms with Gasteiger partial charge in [0.05, 0.1) is 0 Å². The van der Waals surface area contributed by atoms with Crippen LogP contribution in [0.5, 0.6) is 11.5 Å². The predicted molar refractivity (Wildman–Crippen MR) is 71.0 cm³/mol. The van der Waals surface area contributed by atoms with Gasteiger partial charge in [-0.05, 0) is 31.1 Å². The average Bonchev–Trinajstić information content (AvgIpc) is 2.32. The van der Waals surface area contributed by atoms with Crippen molar-refractivity contribution in [1.29, 1.82) is 0 Å². The summed E-state index contributed by atoms with van der Waals surface area (Å²) in [6.45, 7) is 5.01. The van der Waals surface area contributed by atoms with E-state index in [9.17, 15) is 0 Å². The molecule has 101 valence electrons. The van der Waals surface area contributed by atoms with E-state index in [4.69, 9.17) is 9.47 Å². The van der Waals surface area contributed by atoms with Gasteiger partial charge in [-0.1, -0.05) is 20.3 Å². The van der Waals surface area contributed by atoms with Crippen LogP contribution in [-0.2, 0) is 32.7 Å². The summed E-state index contributed by atoms with van der Waals surface area (Å²) in [5.41, 5.74) is 1.10. The molecule has 1 aromatic rings. The van der Waals surface area contributed by atoms with Gasteiger partial charge in [-0.2, -0.15) is 11.6 Å². The van der Waals surface area contributed by atoms with Gasteiger partial charge in [0.1, 0.15) is 12.7 Å². The molecule has 0 spiro atoms. The standard InChI is InChI=1S/C16H21O2.Y/c1-3-12-7-13(8-12)9-14-10-17-15-5-4-11(2)6-16(15)18-14;/h4-5,12-14H,3,7-10H2,1-2H3;/q-1;. The Hall–Kier alpha value is -0.0761. The van der Waals surface area contributed by atoms with Crippen LogP contribution < -0.4 is 9.47 Å². The van der Waals surface area contributed by atoms with Gasteiger partial charge >= 0.3 is 0 Å². The van der Waals surface area contributed by atoms with Crippen LogP contribution in [0.3, 0.4) is 0 Å². The van der Waals surface area contributed by atoms with Crippen LogP contribution in [0, 0.1) is 24.8 Å². The molecule has 3 rings (SSSR count). The summed E-state index contributed by atoms with van der Waals surface area (Å²) < 4.78 is 11.8. The van der Waals surface area contributed by atoms with E-state index in [2.05, 4.69) is 13.0 Å². The first-order chi connectivity index (χ1) is 8.74. The first kappa shape index (κ1) is 15.3. The molecule has 0 aromatic heterocycles. The van der Waals surface area contributed by atoms with E-state index in [0.29, 0.717) is 6.61 Å². The second-order valence-corrected chi connectivity index (χ2v) is 5.73. The van der Waals surface area contributed by atoms with Crippen LogP contribution in [0.4, 0.5) is 0 Å². The van der Waals surface area contributed by atoms with Crippen molar-refractivity contribution in [2.45, 2.75) is 45.6 Å². The van der Waals surface area contributed by atoms with Gasteiger partial charge in [-0.25, -0.2) is 0 Å². The zero-order valence-corrected chi connectivity index (χ0v) is 14.7. The third-order valence-corrected chi connectivity index (χ3v) is 4.24. The van der Waals surface area contributed by atoms with Crippen molar-refractivity contribution in [2.24, 2.45) is 11.8 Å². The summed E-state index contributed by atoms with van der Waals surface area (Å²) in [5.74, 6) is 3.45. The molecular formula is C16H21O2Y-. The molecule has 1 atom stereocenters. The molecule has 1 fully saturated rings. The van der Waals surface area contributed by atoms with Crippen LogP contribution >= 0.6 is 0 Å². The van der Waals surface area contributed by atoms with Crippen molar-refractivity contribution in [2.75, 3.05) is 6.61 Å². The van der Waals surface area contributed by atoms with Gasteiger partial charge in [0.25, 0.3) is 0 Å². The third-order valence-electron chi connectivity index (χ3n) is 4.24. The van der Waals surface area contributed by atoms with E-state index in [1.54, 1.807) is 0 Å². The number of ether oxygens (including phenoxy) is 2. The zero-order valence-electron chi connectivity index (χ0n) is 11.8. The molecule has 19 heavy (non-hydrogen) atoms. The summed E-state index contributed by atoms with van der Waals surface area (Å²) in [5, 5.41) is 0. The Morgan fingerprint density at radius 1 is 1.26 bits per heavy atom. The third kappa shape index (κ3) is 3.52. The zero-order chi connectivity index (χ0) is 12.5. The van der Waals surface area contributed by atoms with Gasteiger partial charge in [0, 0.05) is 44.2 Å². The van der Waals surface area contributed by atoms with E-state index in [-0.39, 0.29) is 38.8 Å². The number of hydrogen-bond donors (Lipinski definition) is 0. The molecule has 3 heteroatoms. The normalized spacial score (nSPS) is 28.2. The van der Waals surface area contributed by atoms with E-state index >= 15 is 0 Å². The fourth-order valence-corrected chi connectivity index (χ4v) is 3.03. The van der Waals surface area contributed by atoms with E-state index in [0.717, 1.165) is 35.3 Å². The summed E-state index contributed by atoms with van der Waals surface area (Å²) >= 11 is 0. The van der Waals surface area contributed by atoms with Crippen molar-refractivity contribution in [3.63, 3.8) is 0 Å². The maximum atomic E-state index is 6.01. The Balaban J connectivity index is 0.00000133. The number of aryl methyl sites for hydroxylation is 1. The molecular weight excluding hydrogens is 313 g/mol. The van der Waals surface area contributed by atoms with Crippen molar-refractivity contribution >= 4 is 0 Å². The molecule has 0 bridgehead atoms. The first-order valence-corrected chi connectivity index (χ1v) is 7.07. The topological polar surface area (TPSA) is 18.5 Å². The van der Waals surface area contributed by atoms with E-state index in [1.165, 1.54) is 19.3 Å². The Morgan fingerprint density at radius 2 is 2.05 bits per heavy atom. The van der Waals surface area contributed by atoms with Gasteiger partial charge in [0.2, 0.25) is 0 Å². The van der Waals surface area contributed by atoms with Gasteiger partial charge in [-0.15, -0.1) is 12.1 Å². The van der Waals surface area contributed by atoms with E-state index < -0.39 is 0 Å². The van der Waals surface area contributed by atoms with E-state index in [1.807, 2.05) is 19.1 Å². The summed E-state index contributed by atoms with van der Waals surface area (Å²) in [6.07, 6.45) is 5.44. The maximum Gasteiger partial charge on any atom is 0.128 e. The van der Waals surface area contributed by atoms with Gasteiger partial charge < -0.3 is 9.47 Å². The molecule has 2 nitrogen and oxygen atoms in total. The maximum absolute atomic E-state index is 6.01. The largest absolute Gasteiger partial charge is 0.544 e. The Kier molecular flexibility index (Phi) is 5.31. The number of fused-ring (bicyclic) bond motifs is 1. The fraction of sp³-hybridized carbons (Fsp3) is 0.625. The minimum Gasteiger partial charge on any atom is -0.544 e. The van der Waals surface area contributed by atoms with Crippen molar-refractivity contribution in [1.82, 2.24) is 0 Å². The van der Waals surface area contributed by atoms with Gasteiger partial charge in [0.15, 0.2) is 0 Å². The fourth-order valence-electron chi connectivity index (χ4n) is 3.03. The molecule has 0 saturated heterocycles. The smallest absolute Gasteiger partial charge is 0.128 e.